The Balaban J connectivity index is 1.36. The third kappa shape index (κ3) is 3.82. The van der Waals surface area contributed by atoms with Crippen LogP contribution >= 0.6 is 0 Å². The number of carbonyl (C=O) groups excluding carboxylic acids is 1. The summed E-state index contributed by atoms with van der Waals surface area (Å²) < 4.78 is 7.85. The van der Waals surface area contributed by atoms with E-state index in [4.69, 9.17) is 4.74 Å². The topological polar surface area (TPSA) is 105 Å². The van der Waals surface area contributed by atoms with Gasteiger partial charge in [0.2, 0.25) is 0 Å². The van der Waals surface area contributed by atoms with E-state index in [1.807, 2.05) is 47.3 Å². The summed E-state index contributed by atoms with van der Waals surface area (Å²) in [6.07, 6.45) is 5.39. The highest BCUT2D eigenvalue weighted by atomic mass is 16.5. The van der Waals surface area contributed by atoms with Gasteiger partial charge in [-0.15, -0.1) is 0 Å². The predicted molar refractivity (Wildman–Crippen MR) is 117 cm³/mol. The number of hydrogen-bond acceptors (Lipinski definition) is 4. The van der Waals surface area contributed by atoms with Crippen molar-refractivity contribution in [2.75, 3.05) is 5.32 Å². The zero-order valence-electron chi connectivity index (χ0n) is 16.2. The molecule has 8 nitrogen and oxygen atoms in total. The van der Waals surface area contributed by atoms with E-state index in [1.54, 1.807) is 42.6 Å². The number of H-pyrrole nitrogens is 2. The van der Waals surface area contributed by atoms with E-state index in [0.29, 0.717) is 33.9 Å². The molecule has 3 aromatic heterocycles. The minimum Gasteiger partial charge on any atom is -0.455 e. The highest BCUT2D eigenvalue weighted by molar-refractivity contribution is 6.04. The molecule has 2 aromatic carbocycles. The van der Waals surface area contributed by atoms with Crippen molar-refractivity contribution in [1.82, 2.24) is 19.5 Å². The second-order valence-electron chi connectivity index (χ2n) is 6.84. The quantitative estimate of drug-likeness (QED) is 0.405. The number of carbonyl (C=O) groups is 1. The average molecular weight is 411 g/mol. The van der Waals surface area contributed by atoms with Crippen molar-refractivity contribution >= 4 is 22.8 Å². The Labute approximate surface area is 176 Å². The molecule has 0 unspecified atom stereocenters. The van der Waals surface area contributed by atoms with E-state index in [9.17, 15) is 9.59 Å². The van der Waals surface area contributed by atoms with Gasteiger partial charge < -0.3 is 19.6 Å². The summed E-state index contributed by atoms with van der Waals surface area (Å²) in [6, 6.07) is 19.9. The first-order valence-electron chi connectivity index (χ1n) is 9.55. The molecule has 152 valence electrons. The Morgan fingerprint density at radius 3 is 2.68 bits per heavy atom. The number of imidazole rings is 1. The second kappa shape index (κ2) is 7.68. The molecule has 31 heavy (non-hydrogen) atoms. The zero-order chi connectivity index (χ0) is 21.2. The van der Waals surface area contributed by atoms with Crippen LogP contribution in [0, 0.1) is 0 Å². The lowest BCUT2D eigenvalue weighted by Crippen LogP contribution is -2.12. The second-order valence-corrected chi connectivity index (χ2v) is 6.84. The fourth-order valence-corrected chi connectivity index (χ4v) is 3.28. The smallest absolute Gasteiger partial charge is 0.325 e. The minimum atomic E-state index is -0.360. The molecule has 0 aliphatic heterocycles. The van der Waals surface area contributed by atoms with Gasteiger partial charge in [-0.2, -0.15) is 0 Å². The van der Waals surface area contributed by atoms with Gasteiger partial charge in [-0.05, 0) is 42.5 Å². The molecule has 5 rings (SSSR count). The molecule has 0 aliphatic rings. The first-order chi connectivity index (χ1) is 15.2. The molecule has 3 heterocycles. The third-order valence-electron chi connectivity index (χ3n) is 4.71. The summed E-state index contributed by atoms with van der Waals surface area (Å²) in [5.41, 5.74) is 2.55. The van der Waals surface area contributed by atoms with Gasteiger partial charge in [0, 0.05) is 47.7 Å². The number of rotatable bonds is 5. The number of ether oxygens (including phenoxy) is 1. The van der Waals surface area contributed by atoms with E-state index >= 15 is 0 Å². The van der Waals surface area contributed by atoms with Gasteiger partial charge in [-0.3, -0.25) is 9.78 Å². The molecule has 0 saturated heterocycles. The Morgan fingerprint density at radius 1 is 0.968 bits per heavy atom. The molecule has 1 amide bonds. The van der Waals surface area contributed by atoms with Crippen LogP contribution in [0.2, 0.25) is 0 Å². The van der Waals surface area contributed by atoms with Crippen molar-refractivity contribution < 1.29 is 9.53 Å². The molecule has 0 bridgehead atoms. The molecule has 0 atom stereocenters. The van der Waals surface area contributed by atoms with Crippen LogP contribution in [0.3, 0.4) is 0 Å². The summed E-state index contributed by atoms with van der Waals surface area (Å²) in [5, 5.41) is 2.89. The molecule has 8 heteroatoms. The lowest BCUT2D eigenvalue weighted by Gasteiger charge is -2.10. The Kier molecular flexibility index (Phi) is 4.57. The number of anilines is 1. The molecule has 5 aromatic rings. The van der Waals surface area contributed by atoms with E-state index in [2.05, 4.69) is 20.3 Å². The van der Waals surface area contributed by atoms with Crippen molar-refractivity contribution in [3.8, 4) is 17.2 Å². The summed E-state index contributed by atoms with van der Waals surface area (Å²) >= 11 is 0. The fraction of sp³-hybridized carbons (Fsp3) is 0. The van der Waals surface area contributed by atoms with Gasteiger partial charge in [0.25, 0.3) is 5.91 Å². The standard InChI is InChI=1S/C23H17N5O3/c29-22(15-5-3-7-17(13-15)28-11-1-2-12-28)25-16-6-4-8-18(14-16)31-19-9-10-24-21-20(19)26-23(30)27-21/h1-14H,(H,25,29)(H2,24,26,27,30). The van der Waals surface area contributed by atoms with Crippen LogP contribution in [0.1, 0.15) is 10.4 Å². The van der Waals surface area contributed by atoms with Crippen molar-refractivity contribution in [2.24, 2.45) is 0 Å². The molecule has 3 N–H and O–H groups in total. The van der Waals surface area contributed by atoms with E-state index < -0.39 is 0 Å². The maximum Gasteiger partial charge on any atom is 0.325 e. The van der Waals surface area contributed by atoms with Crippen LogP contribution in [0.5, 0.6) is 11.5 Å². The van der Waals surface area contributed by atoms with Crippen molar-refractivity contribution in [2.45, 2.75) is 0 Å². The van der Waals surface area contributed by atoms with Crippen LogP contribution in [-0.2, 0) is 0 Å². The van der Waals surface area contributed by atoms with Crippen molar-refractivity contribution in [3.05, 3.63) is 101 Å². The predicted octanol–water partition coefficient (Wildman–Crippen LogP) is 4.09. The first kappa shape index (κ1) is 18.4. The molecule has 0 fully saturated rings. The van der Waals surface area contributed by atoms with Crippen LogP contribution in [0.25, 0.3) is 16.9 Å². The average Bonchev–Trinajstić information content (AvgIpc) is 3.44. The highest BCUT2D eigenvalue weighted by Crippen LogP contribution is 2.28. The molecular weight excluding hydrogens is 394 g/mol. The van der Waals surface area contributed by atoms with Crippen molar-refractivity contribution in [1.29, 1.82) is 0 Å². The number of nitrogens with zero attached hydrogens (tertiary/aromatic N) is 2. The largest absolute Gasteiger partial charge is 0.455 e. The third-order valence-corrected chi connectivity index (χ3v) is 4.71. The fourth-order valence-electron chi connectivity index (χ4n) is 3.28. The van der Waals surface area contributed by atoms with Gasteiger partial charge >= 0.3 is 5.69 Å². The summed E-state index contributed by atoms with van der Waals surface area (Å²) in [4.78, 5) is 33.7. The van der Waals surface area contributed by atoms with Crippen LogP contribution in [0.15, 0.2) is 90.1 Å². The number of aromatic nitrogens is 4. The normalized spacial score (nSPS) is 10.8. The van der Waals surface area contributed by atoms with E-state index in [1.165, 1.54) is 0 Å². The highest BCUT2D eigenvalue weighted by Gasteiger charge is 2.10. The summed E-state index contributed by atoms with van der Waals surface area (Å²) in [6.45, 7) is 0. The van der Waals surface area contributed by atoms with Gasteiger partial charge in [0.15, 0.2) is 11.4 Å². The maximum absolute atomic E-state index is 12.8. The Morgan fingerprint density at radius 2 is 1.81 bits per heavy atom. The van der Waals surface area contributed by atoms with Gasteiger partial charge in [-0.1, -0.05) is 12.1 Å². The number of amides is 1. The van der Waals surface area contributed by atoms with Gasteiger partial charge in [-0.25, -0.2) is 9.78 Å². The monoisotopic (exact) mass is 411 g/mol. The van der Waals surface area contributed by atoms with Crippen LogP contribution in [0.4, 0.5) is 5.69 Å². The SMILES string of the molecule is O=C(Nc1cccc(Oc2ccnc3[nH]c(=O)[nH]c23)c1)c1cccc(-n2cccc2)c1. The van der Waals surface area contributed by atoms with Gasteiger partial charge in [0.1, 0.15) is 11.3 Å². The van der Waals surface area contributed by atoms with Crippen molar-refractivity contribution in [3.63, 3.8) is 0 Å². The Hall–Kier alpha value is -4.59. The van der Waals surface area contributed by atoms with E-state index in [-0.39, 0.29) is 11.6 Å². The maximum atomic E-state index is 12.8. The Bertz CT molecular complexity index is 1430. The molecule has 0 aliphatic carbocycles. The minimum absolute atomic E-state index is 0.229. The van der Waals surface area contributed by atoms with Crippen LogP contribution < -0.4 is 15.7 Å². The summed E-state index contributed by atoms with van der Waals surface area (Å²) in [5.74, 6) is 0.729. The number of benzene rings is 2. The number of aromatic amines is 2. The van der Waals surface area contributed by atoms with E-state index in [0.717, 1.165) is 5.69 Å². The molecule has 0 spiro atoms. The lowest BCUT2D eigenvalue weighted by molar-refractivity contribution is 0.102. The summed E-state index contributed by atoms with van der Waals surface area (Å²) in [7, 11) is 0. The zero-order valence-corrected chi connectivity index (χ0v) is 16.2. The number of nitrogens with one attached hydrogen (secondary N) is 3. The van der Waals surface area contributed by atoms with Gasteiger partial charge in [0.05, 0.1) is 0 Å². The first-order valence-corrected chi connectivity index (χ1v) is 9.55. The van der Waals surface area contributed by atoms with Crippen LogP contribution in [-0.4, -0.2) is 25.4 Å². The molecule has 0 radical (unpaired) electrons. The number of hydrogen-bond donors (Lipinski definition) is 3. The molecular formula is C23H17N5O3. The number of pyridine rings is 1. The molecule has 0 saturated carbocycles. The number of fused-ring (bicyclic) bond motifs is 1. The lowest BCUT2D eigenvalue weighted by atomic mass is 10.1.